The molecule has 2 aliphatic rings. The van der Waals surface area contributed by atoms with Crippen molar-refractivity contribution in [2.24, 2.45) is 11.7 Å². The van der Waals surface area contributed by atoms with E-state index in [2.05, 4.69) is 9.88 Å². The molecule has 34 heavy (non-hydrogen) atoms. The number of carbonyl (C=O) groups is 2. The number of amides is 2. The molecule has 2 aromatic carbocycles. The second-order valence-electron chi connectivity index (χ2n) is 9.43. The lowest BCUT2D eigenvalue weighted by Crippen LogP contribution is -2.49. The molecule has 7 heteroatoms. The third-order valence-corrected chi connectivity index (χ3v) is 7.01. The summed E-state index contributed by atoms with van der Waals surface area (Å²) in [5, 5.41) is 0.862. The Balaban J connectivity index is 1.33. The lowest BCUT2D eigenvalue weighted by Gasteiger charge is -2.34. The zero-order chi connectivity index (χ0) is 23.2. The predicted molar refractivity (Wildman–Crippen MR) is 133 cm³/mol. The molecule has 1 saturated carbocycles. The van der Waals surface area contributed by atoms with Crippen LogP contribution in [0, 0.1) is 5.92 Å². The van der Waals surface area contributed by atoms with Crippen molar-refractivity contribution in [2.75, 3.05) is 32.7 Å². The summed E-state index contributed by atoms with van der Waals surface area (Å²) in [6.45, 7) is 4.55. The highest BCUT2D eigenvalue weighted by molar-refractivity contribution is 6.14. The fraction of sp³-hybridized carbons (Fsp3) is 0.296. The molecule has 0 bridgehead atoms. The maximum atomic E-state index is 13.2. The number of benzene rings is 2. The number of carbonyl (C=O) groups excluding carboxylic acids is 2. The van der Waals surface area contributed by atoms with Gasteiger partial charge in [-0.2, -0.15) is 0 Å². The van der Waals surface area contributed by atoms with Crippen molar-refractivity contribution in [3.63, 3.8) is 0 Å². The number of fused-ring (bicyclic) bond motifs is 3. The summed E-state index contributed by atoms with van der Waals surface area (Å²) in [4.78, 5) is 38.0. The minimum atomic E-state index is -0.517. The van der Waals surface area contributed by atoms with Crippen LogP contribution in [0.15, 0.2) is 54.6 Å². The normalized spacial score (nSPS) is 16.9. The molecule has 6 rings (SSSR count). The Morgan fingerprint density at radius 1 is 1.00 bits per heavy atom. The van der Waals surface area contributed by atoms with E-state index in [4.69, 9.17) is 10.7 Å². The van der Waals surface area contributed by atoms with E-state index in [0.717, 1.165) is 48.6 Å². The largest absolute Gasteiger partial charge is 0.366 e. The first kappa shape index (κ1) is 20.9. The number of nitrogens with two attached hydrogens (primary N) is 1. The van der Waals surface area contributed by atoms with Gasteiger partial charge in [0, 0.05) is 54.8 Å². The summed E-state index contributed by atoms with van der Waals surface area (Å²) in [7, 11) is 0. The van der Waals surface area contributed by atoms with E-state index in [0.29, 0.717) is 27.9 Å². The van der Waals surface area contributed by atoms with Crippen LogP contribution < -0.4 is 5.73 Å². The summed E-state index contributed by atoms with van der Waals surface area (Å²) >= 11 is 0. The smallest absolute Gasteiger partial charge is 0.254 e. The second kappa shape index (κ2) is 8.25. The minimum Gasteiger partial charge on any atom is -0.366 e. The highest BCUT2D eigenvalue weighted by Crippen LogP contribution is 2.32. The van der Waals surface area contributed by atoms with Gasteiger partial charge < -0.3 is 15.6 Å². The number of piperazine rings is 1. The van der Waals surface area contributed by atoms with Gasteiger partial charge in [0.05, 0.1) is 22.3 Å². The molecule has 1 aliphatic carbocycles. The van der Waals surface area contributed by atoms with Crippen molar-refractivity contribution in [1.82, 2.24) is 19.8 Å². The predicted octanol–water partition coefficient (Wildman–Crippen LogP) is 3.65. The zero-order valence-electron chi connectivity index (χ0n) is 19.0. The molecule has 0 spiro atoms. The summed E-state index contributed by atoms with van der Waals surface area (Å²) in [6.07, 6.45) is 2.70. The average molecular weight is 454 g/mol. The number of primary amides is 1. The Morgan fingerprint density at radius 3 is 2.47 bits per heavy atom. The number of aromatic nitrogens is 2. The summed E-state index contributed by atoms with van der Waals surface area (Å²) < 4.78 is 0. The molecule has 7 nitrogen and oxygen atoms in total. The van der Waals surface area contributed by atoms with Crippen LogP contribution >= 0.6 is 0 Å². The van der Waals surface area contributed by atoms with Crippen LogP contribution in [0.1, 0.15) is 33.6 Å². The highest BCUT2D eigenvalue weighted by Gasteiger charge is 2.28. The fourth-order valence-corrected chi connectivity index (χ4v) is 4.92. The number of nitrogens with one attached hydrogen (secondary N) is 1. The molecule has 0 unspecified atom stereocenters. The quantitative estimate of drug-likeness (QED) is 0.482. The van der Waals surface area contributed by atoms with Gasteiger partial charge >= 0.3 is 0 Å². The van der Waals surface area contributed by atoms with Gasteiger partial charge in [0.15, 0.2) is 0 Å². The van der Waals surface area contributed by atoms with Crippen LogP contribution in [0.2, 0.25) is 0 Å². The zero-order valence-corrected chi connectivity index (χ0v) is 19.0. The molecular formula is C27H27N5O2. The standard InChI is InChI=1S/C27H27N5O2/c28-26(33)21-15-22(18-4-2-1-3-5-18)29-24-20-9-8-19(14-23(20)30-25(21)24)27(34)32-12-10-31(11-13-32)16-17-6-7-17/h1-5,8-9,14-15,17,30H,6-7,10-13,16H2,(H2,28,33). The lowest BCUT2D eigenvalue weighted by molar-refractivity contribution is 0.0632. The number of aromatic amines is 1. The third-order valence-electron chi connectivity index (χ3n) is 7.01. The molecule has 3 N–H and O–H groups in total. The molecule has 2 aromatic heterocycles. The van der Waals surface area contributed by atoms with Crippen LogP contribution in [-0.2, 0) is 0 Å². The van der Waals surface area contributed by atoms with Gasteiger partial charge in [0.1, 0.15) is 0 Å². The van der Waals surface area contributed by atoms with E-state index in [1.807, 2.05) is 53.4 Å². The van der Waals surface area contributed by atoms with Crippen molar-refractivity contribution in [1.29, 1.82) is 0 Å². The summed E-state index contributed by atoms with van der Waals surface area (Å²) in [5.74, 6) is 0.393. The first-order valence-corrected chi connectivity index (χ1v) is 11.9. The van der Waals surface area contributed by atoms with Crippen molar-refractivity contribution in [3.05, 3.63) is 65.7 Å². The number of pyridine rings is 1. The number of rotatable bonds is 5. The van der Waals surface area contributed by atoms with Crippen molar-refractivity contribution >= 4 is 33.8 Å². The van der Waals surface area contributed by atoms with Crippen LogP contribution in [0.5, 0.6) is 0 Å². The molecule has 172 valence electrons. The van der Waals surface area contributed by atoms with E-state index in [9.17, 15) is 9.59 Å². The first-order chi connectivity index (χ1) is 16.6. The van der Waals surface area contributed by atoms with Gasteiger partial charge in [0.2, 0.25) is 0 Å². The molecule has 3 heterocycles. The monoisotopic (exact) mass is 453 g/mol. The molecule has 2 amide bonds. The Kier molecular flexibility index (Phi) is 5.07. The van der Waals surface area contributed by atoms with Crippen molar-refractivity contribution in [2.45, 2.75) is 12.8 Å². The highest BCUT2D eigenvalue weighted by atomic mass is 16.2. The summed E-state index contributed by atoms with van der Waals surface area (Å²) in [6, 6.07) is 17.1. The van der Waals surface area contributed by atoms with E-state index >= 15 is 0 Å². The number of hydrogen-bond acceptors (Lipinski definition) is 4. The number of H-pyrrole nitrogens is 1. The first-order valence-electron chi connectivity index (χ1n) is 11.9. The van der Waals surface area contributed by atoms with Gasteiger partial charge in [-0.05, 0) is 43.0 Å². The number of nitrogens with zero attached hydrogens (tertiary/aromatic N) is 3. The minimum absolute atomic E-state index is 0.0414. The van der Waals surface area contributed by atoms with E-state index < -0.39 is 5.91 Å². The van der Waals surface area contributed by atoms with Crippen molar-refractivity contribution in [3.8, 4) is 11.3 Å². The van der Waals surface area contributed by atoms with Gasteiger partial charge in [0.25, 0.3) is 11.8 Å². The van der Waals surface area contributed by atoms with Crippen LogP contribution in [0.3, 0.4) is 0 Å². The average Bonchev–Trinajstić information content (AvgIpc) is 3.61. The Morgan fingerprint density at radius 2 is 1.76 bits per heavy atom. The molecule has 4 aromatic rings. The van der Waals surface area contributed by atoms with Crippen molar-refractivity contribution < 1.29 is 9.59 Å². The maximum Gasteiger partial charge on any atom is 0.254 e. The van der Waals surface area contributed by atoms with E-state index in [1.54, 1.807) is 6.07 Å². The molecular weight excluding hydrogens is 426 g/mol. The van der Waals surface area contributed by atoms with Gasteiger partial charge in [-0.1, -0.05) is 30.3 Å². The topological polar surface area (TPSA) is 95.3 Å². The van der Waals surface area contributed by atoms with Gasteiger partial charge in [-0.15, -0.1) is 0 Å². The van der Waals surface area contributed by atoms with E-state index in [1.165, 1.54) is 19.4 Å². The van der Waals surface area contributed by atoms with Gasteiger partial charge in [-0.3, -0.25) is 14.5 Å². The summed E-state index contributed by atoms with van der Waals surface area (Å²) in [5.41, 5.74) is 10.4. The second-order valence-corrected chi connectivity index (χ2v) is 9.43. The van der Waals surface area contributed by atoms with Crippen LogP contribution in [0.4, 0.5) is 0 Å². The third kappa shape index (κ3) is 3.82. The Hall–Kier alpha value is -3.71. The Labute approximate surface area is 197 Å². The molecule has 2 fully saturated rings. The van der Waals surface area contributed by atoms with E-state index in [-0.39, 0.29) is 5.91 Å². The molecule has 1 aliphatic heterocycles. The molecule has 1 saturated heterocycles. The molecule has 0 atom stereocenters. The maximum absolute atomic E-state index is 13.2. The molecule has 0 radical (unpaired) electrons. The fourth-order valence-electron chi connectivity index (χ4n) is 4.92. The Bertz CT molecular complexity index is 1400. The van der Waals surface area contributed by atoms with Crippen LogP contribution in [-0.4, -0.2) is 64.3 Å². The lowest BCUT2D eigenvalue weighted by atomic mass is 10.1. The number of hydrogen-bond donors (Lipinski definition) is 2. The van der Waals surface area contributed by atoms with Crippen LogP contribution in [0.25, 0.3) is 33.2 Å². The van der Waals surface area contributed by atoms with Gasteiger partial charge in [-0.25, -0.2) is 4.98 Å². The SMILES string of the molecule is NC(=O)c1cc(-c2ccccc2)nc2c1[nH]c1cc(C(=O)N3CCN(CC4CC4)CC3)ccc12.